The molecule has 1 saturated carbocycles. The standard InChI is InChI=1S/C8H13ClO2/c1-5-2-3-6(9)4-7(5)8(10)11/h5-7H,2-4H2,1H3,(H,10,11)/t5-,6+,7+/m1/s1. The normalized spacial score (nSPS) is 38.5. The molecule has 0 bridgehead atoms. The molecule has 3 atom stereocenters. The molecule has 0 aromatic rings. The Morgan fingerprint density at radius 1 is 1.55 bits per heavy atom. The molecule has 0 spiro atoms. The second-order valence-electron chi connectivity index (χ2n) is 3.33. The third-order valence-corrected chi connectivity index (χ3v) is 2.85. The summed E-state index contributed by atoms with van der Waals surface area (Å²) in [6, 6.07) is 0. The highest BCUT2D eigenvalue weighted by Crippen LogP contribution is 2.32. The smallest absolute Gasteiger partial charge is 0.306 e. The molecule has 11 heavy (non-hydrogen) atoms. The molecule has 1 aliphatic rings. The number of carbonyl (C=O) groups is 1. The van der Waals surface area contributed by atoms with Gasteiger partial charge in [-0.05, 0) is 25.2 Å². The van der Waals surface area contributed by atoms with Crippen molar-refractivity contribution in [2.24, 2.45) is 11.8 Å². The highest BCUT2D eigenvalue weighted by Gasteiger charge is 2.31. The SMILES string of the molecule is C[C@@H]1CC[C@H](Cl)C[C@@H]1C(=O)O. The Bertz CT molecular complexity index is 158. The fourth-order valence-electron chi connectivity index (χ4n) is 1.61. The average molecular weight is 177 g/mol. The summed E-state index contributed by atoms with van der Waals surface area (Å²) in [7, 11) is 0. The predicted octanol–water partition coefficient (Wildman–Crippen LogP) is 2.11. The summed E-state index contributed by atoms with van der Waals surface area (Å²) in [6.07, 6.45) is 2.55. The third kappa shape index (κ3) is 2.09. The summed E-state index contributed by atoms with van der Waals surface area (Å²) in [5, 5.41) is 8.84. The monoisotopic (exact) mass is 176 g/mol. The molecule has 0 aromatic heterocycles. The maximum absolute atomic E-state index is 10.7. The van der Waals surface area contributed by atoms with E-state index in [9.17, 15) is 4.79 Å². The van der Waals surface area contributed by atoms with Gasteiger partial charge in [-0.2, -0.15) is 0 Å². The van der Waals surface area contributed by atoms with E-state index in [1.165, 1.54) is 0 Å². The second-order valence-corrected chi connectivity index (χ2v) is 3.95. The average Bonchev–Trinajstić information content (AvgIpc) is 1.94. The number of aliphatic carboxylic acids is 1. The number of rotatable bonds is 1. The fraction of sp³-hybridized carbons (Fsp3) is 0.875. The van der Waals surface area contributed by atoms with E-state index in [1.807, 2.05) is 6.92 Å². The third-order valence-electron chi connectivity index (χ3n) is 2.45. The maximum Gasteiger partial charge on any atom is 0.306 e. The first-order chi connectivity index (χ1) is 5.11. The van der Waals surface area contributed by atoms with Gasteiger partial charge in [-0.3, -0.25) is 4.79 Å². The summed E-state index contributed by atoms with van der Waals surface area (Å²) in [5.41, 5.74) is 0. The van der Waals surface area contributed by atoms with E-state index in [1.54, 1.807) is 0 Å². The molecule has 64 valence electrons. The van der Waals surface area contributed by atoms with Crippen molar-refractivity contribution in [1.82, 2.24) is 0 Å². The zero-order valence-corrected chi connectivity index (χ0v) is 7.34. The van der Waals surface area contributed by atoms with E-state index in [0.717, 1.165) is 12.8 Å². The zero-order chi connectivity index (χ0) is 8.43. The minimum absolute atomic E-state index is 0.0762. The van der Waals surface area contributed by atoms with Crippen LogP contribution in [-0.4, -0.2) is 16.5 Å². The van der Waals surface area contributed by atoms with Gasteiger partial charge in [0.05, 0.1) is 5.92 Å². The Kier molecular flexibility index (Phi) is 2.77. The first-order valence-corrected chi connectivity index (χ1v) is 4.41. The van der Waals surface area contributed by atoms with Crippen LogP contribution in [0.4, 0.5) is 0 Å². The highest BCUT2D eigenvalue weighted by molar-refractivity contribution is 6.20. The summed E-state index contributed by atoms with van der Waals surface area (Å²) in [5.74, 6) is -0.614. The first-order valence-electron chi connectivity index (χ1n) is 3.98. The lowest BCUT2D eigenvalue weighted by molar-refractivity contribution is -0.144. The van der Waals surface area contributed by atoms with Crippen LogP contribution in [0.15, 0.2) is 0 Å². The van der Waals surface area contributed by atoms with Crippen molar-refractivity contribution < 1.29 is 9.90 Å². The van der Waals surface area contributed by atoms with Crippen molar-refractivity contribution >= 4 is 17.6 Å². The number of hydrogen-bond acceptors (Lipinski definition) is 1. The van der Waals surface area contributed by atoms with Gasteiger partial charge in [-0.1, -0.05) is 6.92 Å². The lowest BCUT2D eigenvalue weighted by atomic mass is 9.80. The summed E-state index contributed by atoms with van der Waals surface area (Å²) in [6.45, 7) is 1.99. The number of alkyl halides is 1. The van der Waals surface area contributed by atoms with E-state index in [4.69, 9.17) is 16.7 Å². The summed E-state index contributed by atoms with van der Waals surface area (Å²) in [4.78, 5) is 10.7. The molecular formula is C8H13ClO2. The molecule has 0 unspecified atom stereocenters. The molecular weight excluding hydrogens is 164 g/mol. The number of halogens is 1. The number of hydrogen-bond donors (Lipinski definition) is 1. The minimum atomic E-state index is -0.692. The number of carboxylic acids is 1. The van der Waals surface area contributed by atoms with Crippen molar-refractivity contribution in [3.8, 4) is 0 Å². The van der Waals surface area contributed by atoms with Gasteiger partial charge in [0.25, 0.3) is 0 Å². The van der Waals surface area contributed by atoms with Gasteiger partial charge in [0.2, 0.25) is 0 Å². The molecule has 1 fully saturated rings. The molecule has 1 N–H and O–H groups in total. The van der Waals surface area contributed by atoms with Crippen LogP contribution >= 0.6 is 11.6 Å². The van der Waals surface area contributed by atoms with Gasteiger partial charge in [-0.15, -0.1) is 11.6 Å². The Balaban J connectivity index is 2.54. The molecule has 3 heteroatoms. The molecule has 0 aromatic carbocycles. The fourth-order valence-corrected chi connectivity index (χ4v) is 1.93. The van der Waals surface area contributed by atoms with Crippen LogP contribution in [0.25, 0.3) is 0 Å². The van der Waals surface area contributed by atoms with Crippen molar-refractivity contribution in [1.29, 1.82) is 0 Å². The summed E-state index contributed by atoms with van der Waals surface area (Å²) >= 11 is 5.86. The van der Waals surface area contributed by atoms with Gasteiger partial charge >= 0.3 is 5.97 Å². The lowest BCUT2D eigenvalue weighted by Gasteiger charge is -2.28. The molecule has 0 radical (unpaired) electrons. The van der Waals surface area contributed by atoms with E-state index in [-0.39, 0.29) is 11.3 Å². The zero-order valence-electron chi connectivity index (χ0n) is 6.59. The number of carboxylic acid groups (broad SMARTS) is 1. The molecule has 0 aliphatic heterocycles. The van der Waals surface area contributed by atoms with E-state index in [2.05, 4.69) is 0 Å². The Hall–Kier alpha value is -0.240. The Morgan fingerprint density at radius 3 is 2.64 bits per heavy atom. The van der Waals surface area contributed by atoms with Crippen LogP contribution < -0.4 is 0 Å². The van der Waals surface area contributed by atoms with E-state index in [0.29, 0.717) is 12.3 Å². The molecule has 1 aliphatic carbocycles. The van der Waals surface area contributed by atoms with Gasteiger partial charge in [0, 0.05) is 5.38 Å². The molecule has 2 nitrogen and oxygen atoms in total. The van der Waals surface area contributed by atoms with Crippen LogP contribution in [0.2, 0.25) is 0 Å². The Labute approximate surface area is 71.5 Å². The van der Waals surface area contributed by atoms with Gasteiger partial charge in [-0.25, -0.2) is 0 Å². The van der Waals surface area contributed by atoms with Crippen LogP contribution in [0.1, 0.15) is 26.2 Å². The predicted molar refractivity (Wildman–Crippen MR) is 43.8 cm³/mol. The highest BCUT2D eigenvalue weighted by atomic mass is 35.5. The van der Waals surface area contributed by atoms with E-state index >= 15 is 0 Å². The van der Waals surface area contributed by atoms with Gasteiger partial charge < -0.3 is 5.11 Å². The topological polar surface area (TPSA) is 37.3 Å². The Morgan fingerprint density at radius 2 is 2.18 bits per heavy atom. The van der Waals surface area contributed by atoms with Crippen LogP contribution in [0.3, 0.4) is 0 Å². The van der Waals surface area contributed by atoms with Gasteiger partial charge in [0.15, 0.2) is 0 Å². The summed E-state index contributed by atoms with van der Waals surface area (Å²) < 4.78 is 0. The van der Waals surface area contributed by atoms with Crippen molar-refractivity contribution in [3.63, 3.8) is 0 Å². The lowest BCUT2D eigenvalue weighted by Crippen LogP contribution is -2.29. The van der Waals surface area contributed by atoms with Gasteiger partial charge in [0.1, 0.15) is 0 Å². The molecule has 0 saturated heterocycles. The first kappa shape index (κ1) is 8.85. The molecule has 0 heterocycles. The maximum atomic E-state index is 10.7. The van der Waals surface area contributed by atoms with Crippen LogP contribution in [0, 0.1) is 11.8 Å². The van der Waals surface area contributed by atoms with Crippen molar-refractivity contribution in [2.75, 3.05) is 0 Å². The quantitative estimate of drug-likeness (QED) is 0.622. The van der Waals surface area contributed by atoms with Crippen molar-refractivity contribution in [3.05, 3.63) is 0 Å². The largest absolute Gasteiger partial charge is 0.481 e. The van der Waals surface area contributed by atoms with Crippen LogP contribution in [-0.2, 0) is 4.79 Å². The molecule has 0 amide bonds. The van der Waals surface area contributed by atoms with E-state index < -0.39 is 5.97 Å². The minimum Gasteiger partial charge on any atom is -0.481 e. The molecule has 1 rings (SSSR count). The second kappa shape index (κ2) is 3.44. The van der Waals surface area contributed by atoms with Crippen LogP contribution in [0.5, 0.6) is 0 Å². The van der Waals surface area contributed by atoms with Crippen molar-refractivity contribution in [2.45, 2.75) is 31.6 Å².